The second-order valence-corrected chi connectivity index (χ2v) is 5.03. The quantitative estimate of drug-likeness (QED) is 0.829. The summed E-state index contributed by atoms with van der Waals surface area (Å²) in [4.78, 5) is 0. The summed E-state index contributed by atoms with van der Waals surface area (Å²) in [5, 5.41) is 3.50. The molecule has 0 fully saturated rings. The lowest BCUT2D eigenvalue weighted by Crippen LogP contribution is -2.18. The van der Waals surface area contributed by atoms with Gasteiger partial charge < -0.3 is 19.5 Å². The lowest BCUT2D eigenvalue weighted by molar-refractivity contribution is 0.346. The van der Waals surface area contributed by atoms with Crippen molar-refractivity contribution in [1.82, 2.24) is 5.32 Å². The van der Waals surface area contributed by atoms with Crippen molar-refractivity contribution in [3.05, 3.63) is 53.6 Å². The van der Waals surface area contributed by atoms with E-state index < -0.39 is 0 Å². The van der Waals surface area contributed by atoms with Gasteiger partial charge in [-0.2, -0.15) is 0 Å². The number of ether oxygens (including phenoxy) is 3. The summed E-state index contributed by atoms with van der Waals surface area (Å²) >= 11 is 0. The van der Waals surface area contributed by atoms with Gasteiger partial charge in [0.2, 0.25) is 0 Å². The monoisotopic (exact) mass is 337 g/mol. The van der Waals surface area contributed by atoms with Crippen molar-refractivity contribution < 1.29 is 14.2 Å². The molecule has 0 saturated carbocycles. The van der Waals surface area contributed by atoms with Crippen LogP contribution in [0.25, 0.3) is 0 Å². The van der Waals surface area contributed by atoms with Crippen LogP contribution >= 0.6 is 12.4 Å². The third-order valence-corrected chi connectivity index (χ3v) is 3.68. The second kappa shape index (κ2) is 9.28. The summed E-state index contributed by atoms with van der Waals surface area (Å²) in [6.45, 7) is 2.82. The standard InChI is InChI=1S/C18H23NO3.ClH/c1-13(14-8-6-5-7-9-14)19-12-15-10-17(21-3)18(22-4)11-16(15)20-2;/h5-11,13,19H,12H2,1-4H3;1H. The van der Waals surface area contributed by atoms with Crippen LogP contribution in [0.5, 0.6) is 17.2 Å². The topological polar surface area (TPSA) is 39.7 Å². The molecule has 0 aliphatic carbocycles. The van der Waals surface area contributed by atoms with Crippen LogP contribution in [0.15, 0.2) is 42.5 Å². The molecule has 1 N–H and O–H groups in total. The summed E-state index contributed by atoms with van der Waals surface area (Å²) in [6.07, 6.45) is 0. The van der Waals surface area contributed by atoms with Crippen LogP contribution in [-0.2, 0) is 6.54 Å². The van der Waals surface area contributed by atoms with Crippen LogP contribution in [0, 0.1) is 0 Å². The molecule has 1 unspecified atom stereocenters. The Kier molecular flexibility index (Phi) is 7.72. The van der Waals surface area contributed by atoms with E-state index in [9.17, 15) is 0 Å². The Bertz CT molecular complexity index is 605. The molecule has 2 aromatic rings. The van der Waals surface area contributed by atoms with Gasteiger partial charge in [-0.15, -0.1) is 12.4 Å². The third kappa shape index (κ3) is 4.78. The number of hydrogen-bond donors (Lipinski definition) is 1. The molecule has 5 heteroatoms. The third-order valence-electron chi connectivity index (χ3n) is 3.68. The van der Waals surface area contributed by atoms with Crippen molar-refractivity contribution in [2.75, 3.05) is 21.3 Å². The van der Waals surface area contributed by atoms with Gasteiger partial charge in [-0.1, -0.05) is 30.3 Å². The fourth-order valence-corrected chi connectivity index (χ4v) is 2.35. The maximum Gasteiger partial charge on any atom is 0.164 e. The van der Waals surface area contributed by atoms with Crippen molar-refractivity contribution in [3.8, 4) is 17.2 Å². The molecule has 0 spiro atoms. The first kappa shape index (κ1) is 19.1. The lowest BCUT2D eigenvalue weighted by Gasteiger charge is -2.17. The first-order valence-electron chi connectivity index (χ1n) is 7.26. The normalized spacial score (nSPS) is 11.3. The number of methoxy groups -OCH3 is 3. The molecule has 0 heterocycles. The van der Waals surface area contributed by atoms with Crippen LogP contribution < -0.4 is 19.5 Å². The number of rotatable bonds is 7. The van der Waals surface area contributed by atoms with Gasteiger partial charge in [0.25, 0.3) is 0 Å². The van der Waals surface area contributed by atoms with E-state index in [1.54, 1.807) is 21.3 Å². The average Bonchev–Trinajstić information content (AvgIpc) is 2.59. The molecule has 23 heavy (non-hydrogen) atoms. The highest BCUT2D eigenvalue weighted by molar-refractivity contribution is 5.85. The maximum atomic E-state index is 5.45. The summed E-state index contributed by atoms with van der Waals surface area (Å²) in [6, 6.07) is 14.4. The molecular formula is C18H24ClNO3. The summed E-state index contributed by atoms with van der Waals surface area (Å²) < 4.78 is 16.1. The zero-order valence-corrected chi connectivity index (χ0v) is 14.8. The molecule has 0 aromatic heterocycles. The average molecular weight is 338 g/mol. The molecular weight excluding hydrogens is 314 g/mol. The van der Waals surface area contributed by atoms with Crippen LogP contribution in [0.2, 0.25) is 0 Å². The van der Waals surface area contributed by atoms with Gasteiger partial charge in [-0.3, -0.25) is 0 Å². The molecule has 2 aromatic carbocycles. The highest BCUT2D eigenvalue weighted by atomic mass is 35.5. The van der Waals surface area contributed by atoms with Crippen molar-refractivity contribution in [2.24, 2.45) is 0 Å². The predicted molar refractivity (Wildman–Crippen MR) is 95.0 cm³/mol. The largest absolute Gasteiger partial charge is 0.496 e. The van der Waals surface area contributed by atoms with Gasteiger partial charge in [0, 0.05) is 24.2 Å². The molecule has 0 amide bonds. The molecule has 0 saturated heterocycles. The molecule has 1 atom stereocenters. The zero-order chi connectivity index (χ0) is 15.9. The van der Waals surface area contributed by atoms with Crippen LogP contribution in [0.4, 0.5) is 0 Å². The zero-order valence-electron chi connectivity index (χ0n) is 14.0. The van der Waals surface area contributed by atoms with Crippen molar-refractivity contribution in [2.45, 2.75) is 19.5 Å². The minimum atomic E-state index is 0. The van der Waals surface area contributed by atoms with E-state index in [2.05, 4.69) is 24.4 Å². The second-order valence-electron chi connectivity index (χ2n) is 5.03. The fourth-order valence-electron chi connectivity index (χ4n) is 2.35. The Balaban J connectivity index is 0.00000264. The molecule has 0 aliphatic rings. The Hall–Kier alpha value is -1.91. The van der Waals surface area contributed by atoms with E-state index in [4.69, 9.17) is 14.2 Å². The van der Waals surface area contributed by atoms with Gasteiger partial charge in [-0.05, 0) is 18.6 Å². The molecule has 2 rings (SSSR count). The predicted octanol–water partition coefficient (Wildman–Crippen LogP) is 3.99. The van der Waals surface area contributed by atoms with Gasteiger partial charge in [0.15, 0.2) is 11.5 Å². The van der Waals surface area contributed by atoms with Gasteiger partial charge in [0.1, 0.15) is 5.75 Å². The SMILES string of the molecule is COc1cc(OC)c(OC)cc1CNC(C)c1ccccc1.Cl. The van der Waals surface area contributed by atoms with Gasteiger partial charge >= 0.3 is 0 Å². The molecule has 126 valence electrons. The Morgan fingerprint density at radius 3 is 2.00 bits per heavy atom. The minimum Gasteiger partial charge on any atom is -0.496 e. The smallest absolute Gasteiger partial charge is 0.164 e. The van der Waals surface area contributed by atoms with E-state index in [0.29, 0.717) is 18.0 Å². The Labute approximate surface area is 144 Å². The van der Waals surface area contributed by atoms with E-state index in [1.807, 2.05) is 30.3 Å². The van der Waals surface area contributed by atoms with Crippen molar-refractivity contribution in [3.63, 3.8) is 0 Å². The molecule has 0 radical (unpaired) electrons. The molecule has 0 aliphatic heterocycles. The summed E-state index contributed by atoms with van der Waals surface area (Å²) in [5.74, 6) is 2.15. The van der Waals surface area contributed by atoms with Crippen molar-refractivity contribution >= 4 is 12.4 Å². The van der Waals surface area contributed by atoms with Crippen LogP contribution in [-0.4, -0.2) is 21.3 Å². The van der Waals surface area contributed by atoms with Gasteiger partial charge in [-0.25, -0.2) is 0 Å². The highest BCUT2D eigenvalue weighted by Gasteiger charge is 2.13. The summed E-state index contributed by atoms with van der Waals surface area (Å²) in [5.41, 5.74) is 2.28. The molecule has 0 bridgehead atoms. The van der Waals surface area contributed by atoms with Crippen LogP contribution in [0.1, 0.15) is 24.1 Å². The Morgan fingerprint density at radius 1 is 0.870 bits per heavy atom. The van der Waals surface area contributed by atoms with Crippen LogP contribution in [0.3, 0.4) is 0 Å². The van der Waals surface area contributed by atoms with E-state index in [0.717, 1.165) is 11.3 Å². The lowest BCUT2D eigenvalue weighted by atomic mass is 10.1. The first-order valence-corrected chi connectivity index (χ1v) is 7.26. The highest BCUT2D eigenvalue weighted by Crippen LogP contribution is 2.34. The number of nitrogens with one attached hydrogen (secondary N) is 1. The number of benzene rings is 2. The minimum absolute atomic E-state index is 0. The Morgan fingerprint density at radius 2 is 1.43 bits per heavy atom. The van der Waals surface area contributed by atoms with E-state index in [-0.39, 0.29) is 18.4 Å². The number of hydrogen-bond acceptors (Lipinski definition) is 4. The summed E-state index contributed by atoms with van der Waals surface area (Å²) in [7, 11) is 4.91. The number of halogens is 1. The van der Waals surface area contributed by atoms with Crippen molar-refractivity contribution in [1.29, 1.82) is 0 Å². The fraction of sp³-hybridized carbons (Fsp3) is 0.333. The molecule has 4 nitrogen and oxygen atoms in total. The van der Waals surface area contributed by atoms with Gasteiger partial charge in [0.05, 0.1) is 21.3 Å². The van der Waals surface area contributed by atoms with E-state index in [1.165, 1.54) is 5.56 Å². The van der Waals surface area contributed by atoms with E-state index >= 15 is 0 Å². The maximum absolute atomic E-state index is 5.45. The first-order chi connectivity index (χ1) is 10.7.